The van der Waals surface area contributed by atoms with Crippen LogP contribution >= 0.6 is 11.6 Å². The highest BCUT2D eigenvalue weighted by Gasteiger charge is 2.16. The molecule has 0 saturated carbocycles. The van der Waals surface area contributed by atoms with Gasteiger partial charge in [0.1, 0.15) is 5.82 Å². The molecule has 5 heteroatoms. The number of rotatable bonds is 12. The van der Waals surface area contributed by atoms with E-state index in [1.165, 1.54) is 51.4 Å². The predicted octanol–water partition coefficient (Wildman–Crippen LogP) is 8.01. The van der Waals surface area contributed by atoms with Crippen LogP contribution in [0.4, 0.5) is 4.39 Å². The fraction of sp³-hybridized carbons (Fsp3) is 0.462. The molecule has 0 saturated heterocycles. The van der Waals surface area contributed by atoms with Crippen molar-refractivity contribution in [3.8, 4) is 22.8 Å². The third kappa shape index (κ3) is 6.64. The second-order valence-electron chi connectivity index (χ2n) is 8.26. The Balaban J connectivity index is 1.60. The molecule has 3 rings (SSSR count). The Labute approximate surface area is 190 Å². The van der Waals surface area contributed by atoms with Gasteiger partial charge in [0.25, 0.3) is 0 Å². The van der Waals surface area contributed by atoms with Crippen molar-refractivity contribution in [2.75, 3.05) is 0 Å². The van der Waals surface area contributed by atoms with Gasteiger partial charge in [-0.05, 0) is 42.7 Å². The third-order valence-corrected chi connectivity index (χ3v) is 6.05. The van der Waals surface area contributed by atoms with E-state index in [2.05, 4.69) is 17.0 Å². The normalized spacial score (nSPS) is 11.2. The second kappa shape index (κ2) is 12.0. The number of unbranched alkanes of at least 4 members (excludes halogenated alkanes) is 8. The van der Waals surface area contributed by atoms with E-state index in [9.17, 15) is 4.39 Å². The van der Waals surface area contributed by atoms with Crippen LogP contribution in [0.2, 0.25) is 5.02 Å². The van der Waals surface area contributed by atoms with Crippen LogP contribution in [0.25, 0.3) is 22.8 Å². The summed E-state index contributed by atoms with van der Waals surface area (Å²) >= 11 is 6.28. The van der Waals surface area contributed by atoms with Crippen molar-refractivity contribution < 1.29 is 4.39 Å². The molecule has 0 atom stereocenters. The van der Waals surface area contributed by atoms with Crippen molar-refractivity contribution in [2.24, 2.45) is 7.05 Å². The number of hydrogen-bond acceptors (Lipinski definition) is 2. The molecule has 1 heterocycles. The summed E-state index contributed by atoms with van der Waals surface area (Å²) < 4.78 is 16.3. The highest BCUT2D eigenvalue weighted by Crippen LogP contribution is 2.29. The van der Waals surface area contributed by atoms with Crippen LogP contribution in [0.3, 0.4) is 0 Å². The van der Waals surface area contributed by atoms with Crippen molar-refractivity contribution in [1.82, 2.24) is 14.8 Å². The Kier molecular flexibility index (Phi) is 9.08. The van der Waals surface area contributed by atoms with Crippen LogP contribution in [0.5, 0.6) is 0 Å². The van der Waals surface area contributed by atoms with Crippen LogP contribution in [-0.4, -0.2) is 14.8 Å². The highest BCUT2D eigenvalue weighted by molar-refractivity contribution is 6.33. The van der Waals surface area contributed by atoms with E-state index in [1.54, 1.807) is 23.9 Å². The predicted molar refractivity (Wildman–Crippen MR) is 128 cm³/mol. The van der Waals surface area contributed by atoms with Gasteiger partial charge in [0, 0.05) is 12.6 Å². The zero-order chi connectivity index (χ0) is 22.1. The first-order chi connectivity index (χ1) is 15.1. The summed E-state index contributed by atoms with van der Waals surface area (Å²) in [5.41, 5.74) is 2.38. The largest absolute Gasteiger partial charge is 0.248 e. The van der Waals surface area contributed by atoms with Crippen molar-refractivity contribution in [2.45, 2.75) is 71.1 Å². The van der Waals surface area contributed by atoms with E-state index < -0.39 is 0 Å². The van der Waals surface area contributed by atoms with Crippen LogP contribution in [0.15, 0.2) is 42.5 Å². The summed E-state index contributed by atoms with van der Waals surface area (Å²) in [7, 11) is 1.79. The van der Waals surface area contributed by atoms with Crippen molar-refractivity contribution in [3.05, 3.63) is 58.9 Å². The van der Waals surface area contributed by atoms with Crippen LogP contribution in [0.1, 0.15) is 70.3 Å². The standard InChI is InChI=1S/C26H33ClFN3/c1-3-4-5-6-7-8-9-10-11-14-20-17-18-24(28)22(19-20)26-29-25(30-31(26)2)21-15-12-13-16-23(21)27/h12-13,15-19H,3-11,14H2,1-2H3. The van der Waals surface area contributed by atoms with Gasteiger partial charge in [-0.15, -0.1) is 0 Å². The smallest absolute Gasteiger partial charge is 0.183 e. The zero-order valence-electron chi connectivity index (χ0n) is 18.7. The molecule has 31 heavy (non-hydrogen) atoms. The van der Waals surface area contributed by atoms with Gasteiger partial charge in [0.2, 0.25) is 0 Å². The van der Waals surface area contributed by atoms with Gasteiger partial charge in [-0.25, -0.2) is 14.1 Å². The van der Waals surface area contributed by atoms with E-state index in [0.29, 0.717) is 22.2 Å². The van der Waals surface area contributed by atoms with Crippen molar-refractivity contribution in [3.63, 3.8) is 0 Å². The molecule has 0 spiro atoms. The van der Waals surface area contributed by atoms with E-state index in [1.807, 2.05) is 30.3 Å². The summed E-state index contributed by atoms with van der Waals surface area (Å²) in [4.78, 5) is 4.59. The van der Waals surface area contributed by atoms with Gasteiger partial charge in [-0.2, -0.15) is 5.10 Å². The minimum Gasteiger partial charge on any atom is -0.248 e. The summed E-state index contributed by atoms with van der Waals surface area (Å²) in [6.07, 6.45) is 12.7. The molecule has 1 aromatic heterocycles. The number of halogens is 2. The molecule has 0 aliphatic rings. The first kappa shape index (κ1) is 23.5. The van der Waals surface area contributed by atoms with Crippen molar-refractivity contribution >= 4 is 11.6 Å². The molecule has 0 amide bonds. The highest BCUT2D eigenvalue weighted by atomic mass is 35.5. The Morgan fingerprint density at radius 3 is 2.26 bits per heavy atom. The van der Waals surface area contributed by atoms with Gasteiger partial charge in [-0.1, -0.05) is 88.1 Å². The minimum absolute atomic E-state index is 0.281. The van der Waals surface area contributed by atoms with E-state index in [-0.39, 0.29) is 5.82 Å². The minimum atomic E-state index is -0.281. The fourth-order valence-electron chi connectivity index (χ4n) is 3.91. The monoisotopic (exact) mass is 441 g/mol. The van der Waals surface area contributed by atoms with Gasteiger partial charge in [0.05, 0.1) is 10.6 Å². The molecule has 0 bridgehead atoms. The number of aromatic nitrogens is 3. The Bertz CT molecular complexity index is 967. The summed E-state index contributed by atoms with van der Waals surface area (Å²) in [6, 6.07) is 12.8. The summed E-state index contributed by atoms with van der Waals surface area (Å²) in [6.45, 7) is 2.25. The maximum Gasteiger partial charge on any atom is 0.183 e. The van der Waals surface area contributed by atoms with E-state index in [4.69, 9.17) is 11.6 Å². The topological polar surface area (TPSA) is 30.7 Å². The van der Waals surface area contributed by atoms with E-state index >= 15 is 0 Å². The first-order valence-electron chi connectivity index (χ1n) is 11.5. The molecule has 0 N–H and O–H groups in total. The SMILES string of the molecule is CCCCCCCCCCCc1ccc(F)c(-c2nc(-c3ccccc3Cl)nn2C)c1. The first-order valence-corrected chi connectivity index (χ1v) is 11.9. The number of benzene rings is 2. The third-order valence-electron chi connectivity index (χ3n) is 5.72. The summed E-state index contributed by atoms with van der Waals surface area (Å²) in [5, 5.41) is 5.05. The molecule has 0 unspecified atom stereocenters. The lowest BCUT2D eigenvalue weighted by atomic mass is 10.0. The molecule has 3 aromatic rings. The van der Waals surface area contributed by atoms with Crippen molar-refractivity contribution in [1.29, 1.82) is 0 Å². The molecular formula is C26H33ClFN3. The zero-order valence-corrected chi connectivity index (χ0v) is 19.5. The lowest BCUT2D eigenvalue weighted by molar-refractivity contribution is 0.564. The van der Waals surface area contributed by atoms with Crippen LogP contribution < -0.4 is 0 Å². The molecule has 2 aromatic carbocycles. The molecule has 0 aliphatic carbocycles. The molecule has 0 fully saturated rings. The van der Waals surface area contributed by atoms with Gasteiger partial charge in [-0.3, -0.25) is 0 Å². The van der Waals surface area contributed by atoms with Crippen LogP contribution in [0, 0.1) is 5.82 Å². The molecule has 0 radical (unpaired) electrons. The average Bonchev–Trinajstić information content (AvgIpc) is 3.15. The van der Waals surface area contributed by atoms with Gasteiger partial charge < -0.3 is 0 Å². The Hall–Kier alpha value is -2.20. The maximum absolute atomic E-state index is 14.6. The van der Waals surface area contributed by atoms with E-state index in [0.717, 1.165) is 24.0 Å². The maximum atomic E-state index is 14.6. The quantitative estimate of drug-likeness (QED) is 0.266. The van der Waals surface area contributed by atoms with Gasteiger partial charge >= 0.3 is 0 Å². The number of hydrogen-bond donors (Lipinski definition) is 0. The number of nitrogens with zero attached hydrogens (tertiary/aromatic N) is 3. The Morgan fingerprint density at radius 1 is 0.871 bits per heavy atom. The summed E-state index contributed by atoms with van der Waals surface area (Å²) in [5.74, 6) is 0.741. The molecule has 3 nitrogen and oxygen atoms in total. The molecule has 166 valence electrons. The average molecular weight is 442 g/mol. The van der Waals surface area contributed by atoms with Gasteiger partial charge in [0.15, 0.2) is 11.6 Å². The van der Waals surface area contributed by atoms with Crippen LogP contribution in [-0.2, 0) is 13.5 Å². The molecule has 0 aliphatic heterocycles. The lowest BCUT2D eigenvalue weighted by Crippen LogP contribution is -1.98. The Morgan fingerprint density at radius 2 is 1.55 bits per heavy atom. The fourth-order valence-corrected chi connectivity index (χ4v) is 4.13. The number of aryl methyl sites for hydroxylation is 2. The molecular weight excluding hydrogens is 409 g/mol. The lowest BCUT2D eigenvalue weighted by Gasteiger charge is -2.07. The second-order valence-corrected chi connectivity index (χ2v) is 8.66.